The maximum absolute atomic E-state index is 5.34. The molecule has 0 atom stereocenters. The number of benzene rings is 1. The standard InChI is InChI=1S/C21H29N2O2/c1-5-22(6-2)15-16-23-13-11-18(12-14-23)7-8-19-9-10-20(24-3)21(17-19)25-4/h7-14,17H,5-6,15-16H2,1-4H3/q+1. The molecule has 0 amide bonds. The number of pyridine rings is 1. The topological polar surface area (TPSA) is 25.6 Å². The van der Waals surface area contributed by atoms with Crippen LogP contribution in [0.1, 0.15) is 25.0 Å². The van der Waals surface area contributed by atoms with E-state index in [1.165, 1.54) is 5.56 Å². The first-order chi connectivity index (χ1) is 12.2. The van der Waals surface area contributed by atoms with Crippen molar-refractivity contribution in [3.05, 3.63) is 53.9 Å². The molecule has 0 aliphatic heterocycles. The van der Waals surface area contributed by atoms with Crippen molar-refractivity contribution in [3.63, 3.8) is 0 Å². The van der Waals surface area contributed by atoms with Gasteiger partial charge in [-0.05, 0) is 36.3 Å². The molecule has 25 heavy (non-hydrogen) atoms. The first-order valence-corrected chi connectivity index (χ1v) is 8.81. The van der Waals surface area contributed by atoms with E-state index >= 15 is 0 Å². The molecular formula is C21H29N2O2+. The third-order valence-corrected chi connectivity index (χ3v) is 4.36. The minimum Gasteiger partial charge on any atom is -0.493 e. The van der Waals surface area contributed by atoms with E-state index in [4.69, 9.17) is 9.47 Å². The summed E-state index contributed by atoms with van der Waals surface area (Å²) in [5, 5.41) is 0. The van der Waals surface area contributed by atoms with Crippen molar-refractivity contribution in [2.75, 3.05) is 33.9 Å². The largest absolute Gasteiger partial charge is 0.493 e. The predicted octanol–water partition coefficient (Wildman–Crippen LogP) is 3.50. The Morgan fingerprint density at radius 2 is 1.52 bits per heavy atom. The predicted molar refractivity (Wildman–Crippen MR) is 103 cm³/mol. The number of likely N-dealkylation sites (N-methyl/N-ethyl adjacent to an activating group) is 1. The maximum Gasteiger partial charge on any atom is 0.169 e. The normalized spacial score (nSPS) is 11.2. The fourth-order valence-corrected chi connectivity index (χ4v) is 2.67. The second kappa shape index (κ2) is 9.84. The van der Waals surface area contributed by atoms with Gasteiger partial charge >= 0.3 is 0 Å². The Balaban J connectivity index is 1.99. The van der Waals surface area contributed by atoms with E-state index in [0.29, 0.717) is 0 Å². The lowest BCUT2D eigenvalue weighted by molar-refractivity contribution is -0.696. The summed E-state index contributed by atoms with van der Waals surface area (Å²) in [5.74, 6) is 1.49. The van der Waals surface area contributed by atoms with Crippen molar-refractivity contribution in [2.24, 2.45) is 0 Å². The first-order valence-electron chi connectivity index (χ1n) is 8.81. The van der Waals surface area contributed by atoms with Crippen LogP contribution >= 0.6 is 0 Å². The van der Waals surface area contributed by atoms with Gasteiger partial charge < -0.3 is 9.47 Å². The summed E-state index contributed by atoms with van der Waals surface area (Å²) >= 11 is 0. The van der Waals surface area contributed by atoms with Crippen LogP contribution in [0.15, 0.2) is 42.7 Å². The molecule has 0 saturated heterocycles. The highest BCUT2D eigenvalue weighted by Crippen LogP contribution is 2.28. The fraction of sp³-hybridized carbons (Fsp3) is 0.381. The van der Waals surface area contributed by atoms with E-state index in [9.17, 15) is 0 Å². The quantitative estimate of drug-likeness (QED) is 0.653. The zero-order valence-corrected chi connectivity index (χ0v) is 15.7. The lowest BCUT2D eigenvalue weighted by Crippen LogP contribution is -2.40. The number of aromatic nitrogens is 1. The van der Waals surface area contributed by atoms with Gasteiger partial charge in [-0.25, -0.2) is 4.57 Å². The lowest BCUT2D eigenvalue weighted by Gasteiger charge is -2.15. The van der Waals surface area contributed by atoms with Crippen LogP contribution in [0.25, 0.3) is 12.2 Å². The van der Waals surface area contributed by atoms with Gasteiger partial charge in [0.05, 0.1) is 20.8 Å². The summed E-state index contributed by atoms with van der Waals surface area (Å²) < 4.78 is 12.8. The highest BCUT2D eigenvalue weighted by molar-refractivity contribution is 5.70. The SMILES string of the molecule is CCN(CC)CC[n+]1ccc(C=Cc2ccc(OC)c(OC)c2)cc1. The summed E-state index contributed by atoms with van der Waals surface area (Å²) in [6, 6.07) is 10.2. The molecule has 1 heterocycles. The fourth-order valence-electron chi connectivity index (χ4n) is 2.67. The summed E-state index contributed by atoms with van der Waals surface area (Å²) in [6.07, 6.45) is 8.46. The second-order valence-corrected chi connectivity index (χ2v) is 5.84. The minimum absolute atomic E-state index is 0.743. The second-order valence-electron chi connectivity index (χ2n) is 5.84. The van der Waals surface area contributed by atoms with Crippen molar-refractivity contribution in [2.45, 2.75) is 20.4 Å². The number of rotatable bonds is 9. The van der Waals surface area contributed by atoms with Crippen LogP contribution in [0.4, 0.5) is 0 Å². The smallest absolute Gasteiger partial charge is 0.169 e. The van der Waals surface area contributed by atoms with Crippen LogP contribution in [0.5, 0.6) is 11.5 Å². The van der Waals surface area contributed by atoms with Crippen molar-refractivity contribution < 1.29 is 14.0 Å². The Labute approximate surface area is 151 Å². The van der Waals surface area contributed by atoms with Crippen molar-refractivity contribution in [1.29, 1.82) is 0 Å². The number of hydrogen-bond acceptors (Lipinski definition) is 3. The van der Waals surface area contributed by atoms with E-state index < -0.39 is 0 Å². The molecule has 134 valence electrons. The summed E-state index contributed by atoms with van der Waals surface area (Å²) in [5.41, 5.74) is 2.25. The van der Waals surface area contributed by atoms with E-state index in [0.717, 1.165) is 43.2 Å². The van der Waals surface area contributed by atoms with Crippen molar-refractivity contribution in [3.8, 4) is 11.5 Å². The minimum atomic E-state index is 0.743. The third-order valence-electron chi connectivity index (χ3n) is 4.36. The van der Waals surface area contributed by atoms with Crippen LogP contribution in [-0.4, -0.2) is 38.8 Å². The molecule has 1 aromatic carbocycles. The first kappa shape index (κ1) is 19.0. The van der Waals surface area contributed by atoms with Gasteiger partial charge in [0.15, 0.2) is 30.4 Å². The molecule has 1 aromatic heterocycles. The molecule has 0 saturated carbocycles. The molecule has 2 aromatic rings. The van der Waals surface area contributed by atoms with Crippen molar-refractivity contribution >= 4 is 12.2 Å². The van der Waals surface area contributed by atoms with E-state index in [1.807, 2.05) is 18.2 Å². The van der Waals surface area contributed by atoms with Crippen LogP contribution in [0.3, 0.4) is 0 Å². The van der Waals surface area contributed by atoms with Gasteiger partial charge in [0.2, 0.25) is 0 Å². The Bertz CT molecular complexity index is 677. The Morgan fingerprint density at radius 3 is 2.12 bits per heavy atom. The number of methoxy groups -OCH3 is 2. The number of nitrogens with zero attached hydrogens (tertiary/aromatic N) is 2. The van der Waals surface area contributed by atoms with E-state index in [-0.39, 0.29) is 0 Å². The zero-order chi connectivity index (χ0) is 18.1. The number of ether oxygens (including phenoxy) is 2. The average molecular weight is 341 g/mol. The summed E-state index contributed by atoms with van der Waals surface area (Å²) in [4.78, 5) is 2.43. The van der Waals surface area contributed by atoms with Gasteiger partial charge in [-0.3, -0.25) is 4.90 Å². The highest BCUT2D eigenvalue weighted by atomic mass is 16.5. The van der Waals surface area contributed by atoms with Crippen LogP contribution in [-0.2, 0) is 6.54 Å². The van der Waals surface area contributed by atoms with Gasteiger partial charge in [-0.1, -0.05) is 32.1 Å². The third kappa shape index (κ3) is 5.61. The Hall–Kier alpha value is -2.33. The lowest BCUT2D eigenvalue weighted by atomic mass is 10.1. The molecule has 0 aliphatic carbocycles. The Kier molecular flexibility index (Phi) is 7.48. The molecular weight excluding hydrogens is 312 g/mol. The van der Waals surface area contributed by atoms with Crippen LogP contribution in [0, 0.1) is 0 Å². The monoisotopic (exact) mass is 341 g/mol. The maximum atomic E-state index is 5.34. The summed E-state index contributed by atoms with van der Waals surface area (Å²) in [7, 11) is 3.30. The molecule has 0 spiro atoms. The molecule has 4 heteroatoms. The van der Waals surface area contributed by atoms with E-state index in [1.54, 1.807) is 14.2 Å². The number of hydrogen-bond donors (Lipinski definition) is 0. The van der Waals surface area contributed by atoms with Gasteiger partial charge in [-0.15, -0.1) is 0 Å². The van der Waals surface area contributed by atoms with Gasteiger partial charge in [0.1, 0.15) is 0 Å². The molecule has 0 unspecified atom stereocenters. The highest BCUT2D eigenvalue weighted by Gasteiger charge is 2.05. The van der Waals surface area contributed by atoms with Crippen LogP contribution in [0.2, 0.25) is 0 Å². The Morgan fingerprint density at radius 1 is 0.880 bits per heavy atom. The average Bonchev–Trinajstić information content (AvgIpc) is 2.67. The van der Waals surface area contributed by atoms with Crippen molar-refractivity contribution in [1.82, 2.24) is 4.90 Å². The van der Waals surface area contributed by atoms with Gasteiger partial charge in [0.25, 0.3) is 0 Å². The molecule has 0 radical (unpaired) electrons. The molecule has 0 fully saturated rings. The van der Waals surface area contributed by atoms with Crippen LogP contribution < -0.4 is 14.0 Å². The zero-order valence-electron chi connectivity index (χ0n) is 15.7. The van der Waals surface area contributed by atoms with Gasteiger partial charge in [0, 0.05) is 12.1 Å². The summed E-state index contributed by atoms with van der Waals surface area (Å²) in [6.45, 7) is 8.71. The van der Waals surface area contributed by atoms with E-state index in [2.05, 4.69) is 60.0 Å². The molecule has 0 N–H and O–H groups in total. The molecule has 0 bridgehead atoms. The molecule has 2 rings (SSSR count). The molecule has 0 aliphatic rings. The van der Waals surface area contributed by atoms with Gasteiger partial charge in [-0.2, -0.15) is 0 Å². The molecule has 4 nitrogen and oxygen atoms in total.